The second-order valence-electron chi connectivity index (χ2n) is 5.50. The van der Waals surface area contributed by atoms with E-state index in [4.69, 9.17) is 4.52 Å². The van der Waals surface area contributed by atoms with Crippen LogP contribution in [0.5, 0.6) is 0 Å². The van der Waals surface area contributed by atoms with Gasteiger partial charge in [0, 0.05) is 25.4 Å². The SMILES string of the molecule is CCNC1CCCCc2cn(Cc3noc(C)n3)cc21. The fourth-order valence-corrected chi connectivity index (χ4v) is 3.03. The molecular weight excluding hydrogens is 252 g/mol. The Kier molecular flexibility index (Phi) is 3.87. The Bertz CT molecular complexity index is 572. The highest BCUT2D eigenvalue weighted by Crippen LogP contribution is 2.29. The van der Waals surface area contributed by atoms with Gasteiger partial charge in [-0.3, -0.25) is 0 Å². The summed E-state index contributed by atoms with van der Waals surface area (Å²) in [5.74, 6) is 1.37. The number of aromatic nitrogens is 3. The first-order valence-electron chi connectivity index (χ1n) is 7.47. The van der Waals surface area contributed by atoms with Crippen LogP contribution in [0.15, 0.2) is 16.9 Å². The lowest BCUT2D eigenvalue weighted by Gasteiger charge is -2.15. The first-order chi connectivity index (χ1) is 9.76. The van der Waals surface area contributed by atoms with Crippen molar-refractivity contribution in [3.05, 3.63) is 35.2 Å². The molecule has 1 unspecified atom stereocenters. The fourth-order valence-electron chi connectivity index (χ4n) is 3.03. The molecule has 0 radical (unpaired) electrons. The van der Waals surface area contributed by atoms with Crippen LogP contribution in [0.1, 0.15) is 55.1 Å². The first-order valence-corrected chi connectivity index (χ1v) is 7.47. The Hall–Kier alpha value is -1.62. The second kappa shape index (κ2) is 5.79. The van der Waals surface area contributed by atoms with Crippen LogP contribution in [0, 0.1) is 6.92 Å². The summed E-state index contributed by atoms with van der Waals surface area (Å²) in [6.07, 6.45) is 9.48. The Morgan fingerprint density at radius 2 is 2.30 bits per heavy atom. The molecule has 1 atom stereocenters. The molecule has 1 N–H and O–H groups in total. The average molecular weight is 274 g/mol. The normalized spacial score (nSPS) is 18.8. The van der Waals surface area contributed by atoms with Gasteiger partial charge in [0.05, 0.1) is 6.54 Å². The molecule has 0 saturated carbocycles. The third kappa shape index (κ3) is 2.77. The molecule has 20 heavy (non-hydrogen) atoms. The quantitative estimate of drug-likeness (QED) is 0.871. The summed E-state index contributed by atoms with van der Waals surface area (Å²) in [7, 11) is 0. The highest BCUT2D eigenvalue weighted by molar-refractivity contribution is 5.29. The van der Waals surface area contributed by atoms with E-state index in [0.717, 1.165) is 12.4 Å². The zero-order chi connectivity index (χ0) is 13.9. The third-order valence-electron chi connectivity index (χ3n) is 3.91. The van der Waals surface area contributed by atoms with Gasteiger partial charge < -0.3 is 14.4 Å². The van der Waals surface area contributed by atoms with E-state index in [1.807, 2.05) is 6.92 Å². The lowest BCUT2D eigenvalue weighted by molar-refractivity contribution is 0.386. The molecule has 0 aliphatic heterocycles. The Morgan fingerprint density at radius 1 is 1.40 bits per heavy atom. The zero-order valence-corrected chi connectivity index (χ0v) is 12.2. The van der Waals surface area contributed by atoms with Crippen molar-refractivity contribution in [2.45, 2.75) is 52.1 Å². The molecule has 1 aliphatic carbocycles. The molecular formula is C15H22N4O. The molecule has 108 valence electrons. The topological polar surface area (TPSA) is 55.9 Å². The van der Waals surface area contributed by atoms with E-state index in [9.17, 15) is 0 Å². The lowest BCUT2D eigenvalue weighted by Crippen LogP contribution is -2.20. The van der Waals surface area contributed by atoms with Crippen molar-refractivity contribution in [2.24, 2.45) is 0 Å². The van der Waals surface area contributed by atoms with Crippen molar-refractivity contribution in [2.75, 3.05) is 6.54 Å². The molecule has 3 rings (SSSR count). The first kappa shape index (κ1) is 13.4. The van der Waals surface area contributed by atoms with Crippen LogP contribution in [0.4, 0.5) is 0 Å². The Morgan fingerprint density at radius 3 is 3.05 bits per heavy atom. The predicted octanol–water partition coefficient (Wildman–Crippen LogP) is 2.60. The van der Waals surface area contributed by atoms with Gasteiger partial charge in [-0.1, -0.05) is 18.5 Å². The van der Waals surface area contributed by atoms with Crippen LogP contribution in [0.25, 0.3) is 0 Å². The van der Waals surface area contributed by atoms with Gasteiger partial charge in [0.25, 0.3) is 0 Å². The molecule has 0 fully saturated rings. The summed E-state index contributed by atoms with van der Waals surface area (Å²) >= 11 is 0. The number of hydrogen-bond acceptors (Lipinski definition) is 4. The molecule has 2 aromatic rings. The largest absolute Gasteiger partial charge is 0.346 e. The molecule has 0 spiro atoms. The lowest BCUT2D eigenvalue weighted by atomic mass is 10.0. The van der Waals surface area contributed by atoms with Gasteiger partial charge >= 0.3 is 0 Å². The van der Waals surface area contributed by atoms with Crippen molar-refractivity contribution in [3.8, 4) is 0 Å². The van der Waals surface area contributed by atoms with Crippen molar-refractivity contribution >= 4 is 0 Å². The van der Waals surface area contributed by atoms with Gasteiger partial charge in [-0.2, -0.15) is 4.98 Å². The number of rotatable bonds is 4. The van der Waals surface area contributed by atoms with Gasteiger partial charge in [-0.15, -0.1) is 0 Å². The van der Waals surface area contributed by atoms with E-state index in [1.165, 1.54) is 36.8 Å². The average Bonchev–Trinajstić information content (AvgIpc) is 2.96. The minimum absolute atomic E-state index is 0.491. The predicted molar refractivity (Wildman–Crippen MR) is 76.5 cm³/mol. The molecule has 5 heteroatoms. The third-order valence-corrected chi connectivity index (χ3v) is 3.91. The van der Waals surface area contributed by atoms with Gasteiger partial charge in [0.2, 0.25) is 5.89 Å². The number of hydrogen-bond donors (Lipinski definition) is 1. The van der Waals surface area contributed by atoms with E-state index in [0.29, 0.717) is 18.5 Å². The summed E-state index contributed by atoms with van der Waals surface area (Å²) in [5.41, 5.74) is 2.92. The molecule has 1 aliphatic rings. The van der Waals surface area contributed by atoms with Crippen LogP contribution >= 0.6 is 0 Å². The van der Waals surface area contributed by atoms with E-state index in [2.05, 4.69) is 39.3 Å². The van der Waals surface area contributed by atoms with Crippen molar-refractivity contribution in [1.82, 2.24) is 20.0 Å². The van der Waals surface area contributed by atoms with Crippen LogP contribution in [-0.2, 0) is 13.0 Å². The number of nitrogens with one attached hydrogen (secondary N) is 1. The highest BCUT2D eigenvalue weighted by Gasteiger charge is 2.20. The Balaban J connectivity index is 1.82. The number of nitrogens with zero attached hydrogens (tertiary/aromatic N) is 3. The van der Waals surface area contributed by atoms with Gasteiger partial charge in [0.1, 0.15) is 0 Å². The molecule has 2 aromatic heterocycles. The maximum atomic E-state index is 5.03. The van der Waals surface area contributed by atoms with Crippen molar-refractivity contribution in [1.29, 1.82) is 0 Å². The van der Waals surface area contributed by atoms with Crippen LogP contribution in [0.3, 0.4) is 0 Å². The Labute approximate surface area is 119 Å². The van der Waals surface area contributed by atoms with Crippen LogP contribution in [-0.4, -0.2) is 21.3 Å². The summed E-state index contributed by atoms with van der Waals surface area (Å²) in [4.78, 5) is 4.27. The molecule has 5 nitrogen and oxygen atoms in total. The second-order valence-corrected chi connectivity index (χ2v) is 5.50. The number of fused-ring (bicyclic) bond motifs is 1. The van der Waals surface area contributed by atoms with Gasteiger partial charge in [0.15, 0.2) is 5.82 Å². The van der Waals surface area contributed by atoms with Crippen molar-refractivity contribution < 1.29 is 4.52 Å². The highest BCUT2D eigenvalue weighted by atomic mass is 16.5. The number of aryl methyl sites for hydroxylation is 2. The van der Waals surface area contributed by atoms with Crippen LogP contribution in [0.2, 0.25) is 0 Å². The van der Waals surface area contributed by atoms with Crippen LogP contribution < -0.4 is 5.32 Å². The maximum absolute atomic E-state index is 5.03. The minimum Gasteiger partial charge on any atom is -0.346 e. The smallest absolute Gasteiger partial charge is 0.223 e. The van der Waals surface area contributed by atoms with E-state index in [1.54, 1.807) is 0 Å². The van der Waals surface area contributed by atoms with Crippen molar-refractivity contribution in [3.63, 3.8) is 0 Å². The minimum atomic E-state index is 0.491. The molecule has 0 saturated heterocycles. The monoisotopic (exact) mass is 274 g/mol. The standard InChI is InChI=1S/C15H22N4O/c1-3-16-14-7-5-4-6-12-8-19(9-13(12)14)10-15-17-11(2)20-18-15/h8-9,14,16H,3-7,10H2,1-2H3. The van der Waals surface area contributed by atoms with Gasteiger partial charge in [-0.25, -0.2) is 0 Å². The molecule has 0 aromatic carbocycles. The zero-order valence-electron chi connectivity index (χ0n) is 12.2. The molecule has 0 bridgehead atoms. The van der Waals surface area contributed by atoms with E-state index < -0.39 is 0 Å². The fraction of sp³-hybridized carbons (Fsp3) is 0.600. The molecule has 0 amide bonds. The van der Waals surface area contributed by atoms with Gasteiger partial charge in [-0.05, 0) is 36.9 Å². The summed E-state index contributed by atoms with van der Waals surface area (Å²) in [6.45, 7) is 5.69. The summed E-state index contributed by atoms with van der Waals surface area (Å²) < 4.78 is 7.22. The summed E-state index contributed by atoms with van der Waals surface area (Å²) in [6, 6.07) is 0.491. The van der Waals surface area contributed by atoms with E-state index in [-0.39, 0.29) is 0 Å². The molecule has 2 heterocycles. The van der Waals surface area contributed by atoms with E-state index >= 15 is 0 Å². The summed E-state index contributed by atoms with van der Waals surface area (Å²) in [5, 5.41) is 7.57. The maximum Gasteiger partial charge on any atom is 0.223 e.